The second-order valence-corrected chi connectivity index (χ2v) is 8.56. The van der Waals surface area contributed by atoms with Crippen molar-refractivity contribution in [2.45, 2.75) is 11.3 Å². The summed E-state index contributed by atoms with van der Waals surface area (Å²) in [5.41, 5.74) is 1.41. The minimum atomic E-state index is -0.675. The normalized spacial score (nSPS) is 17.7. The molecule has 2 aliphatic heterocycles. The second-order valence-electron chi connectivity index (χ2n) is 7.78. The topological polar surface area (TPSA) is 76.9 Å². The van der Waals surface area contributed by atoms with Gasteiger partial charge in [-0.2, -0.15) is 0 Å². The van der Waals surface area contributed by atoms with Crippen molar-refractivity contribution in [3.05, 3.63) is 66.5 Å². The molecule has 1 atom stereocenters. The fraction of sp³-hybridized carbons (Fsp3) is 0.292. The highest BCUT2D eigenvalue weighted by Gasteiger charge is 2.34. The number of para-hydroxylation sites is 3. The molecule has 0 saturated carbocycles. The Kier molecular flexibility index (Phi) is 5.95. The first-order valence-corrected chi connectivity index (χ1v) is 12.0. The Hall–Kier alpha value is -3.46. The molecule has 2 aliphatic rings. The number of rotatable bonds is 4. The van der Waals surface area contributed by atoms with Crippen molar-refractivity contribution < 1.29 is 19.1 Å². The molecule has 2 amide bonds. The lowest BCUT2D eigenvalue weighted by Gasteiger charge is -2.37. The van der Waals surface area contributed by atoms with Crippen LogP contribution in [-0.4, -0.2) is 76.3 Å². The Labute approximate surface area is 196 Å². The van der Waals surface area contributed by atoms with Crippen LogP contribution < -0.4 is 9.47 Å². The van der Waals surface area contributed by atoms with Gasteiger partial charge in [0, 0.05) is 31.9 Å². The highest BCUT2D eigenvalue weighted by Crippen LogP contribution is 2.31. The number of thioether (sulfide) groups is 1. The zero-order valence-electron chi connectivity index (χ0n) is 18.2. The molecule has 9 heteroatoms. The molecule has 5 rings (SSSR count). The van der Waals surface area contributed by atoms with Gasteiger partial charge >= 0.3 is 0 Å². The number of carbonyl (C=O) groups is 2. The monoisotopic (exact) mass is 464 g/mol. The van der Waals surface area contributed by atoms with Crippen LogP contribution in [-0.2, 0) is 4.79 Å². The molecule has 0 spiro atoms. The first kappa shape index (κ1) is 21.4. The number of imidazole rings is 1. The summed E-state index contributed by atoms with van der Waals surface area (Å²) < 4.78 is 13.4. The molecule has 0 radical (unpaired) electrons. The molecule has 1 saturated heterocycles. The number of carbonyl (C=O) groups excluding carboxylic acids is 2. The fourth-order valence-electron chi connectivity index (χ4n) is 4.09. The van der Waals surface area contributed by atoms with Crippen molar-refractivity contribution in [2.24, 2.45) is 0 Å². The summed E-state index contributed by atoms with van der Waals surface area (Å²) in [4.78, 5) is 34.3. The summed E-state index contributed by atoms with van der Waals surface area (Å²) in [5.74, 6) is 1.02. The van der Waals surface area contributed by atoms with Crippen LogP contribution in [0.2, 0.25) is 0 Å². The third kappa shape index (κ3) is 4.16. The van der Waals surface area contributed by atoms with Crippen molar-refractivity contribution in [1.29, 1.82) is 0 Å². The van der Waals surface area contributed by atoms with Crippen LogP contribution in [0, 0.1) is 0 Å². The highest BCUT2D eigenvalue weighted by molar-refractivity contribution is 7.98. The minimum absolute atomic E-state index is 0.0927. The molecule has 0 bridgehead atoms. The Balaban J connectivity index is 1.25. The maximum absolute atomic E-state index is 13.3. The van der Waals surface area contributed by atoms with E-state index in [9.17, 15) is 9.59 Å². The number of hydrogen-bond acceptors (Lipinski definition) is 6. The van der Waals surface area contributed by atoms with Crippen LogP contribution in [0.1, 0.15) is 10.5 Å². The lowest BCUT2D eigenvalue weighted by Crippen LogP contribution is -2.55. The summed E-state index contributed by atoms with van der Waals surface area (Å²) >= 11 is 1.49. The summed E-state index contributed by atoms with van der Waals surface area (Å²) in [5, 5.41) is 0.757. The molecule has 3 aromatic rings. The van der Waals surface area contributed by atoms with E-state index in [1.54, 1.807) is 22.1 Å². The van der Waals surface area contributed by atoms with Crippen LogP contribution in [0.5, 0.6) is 11.5 Å². The molecule has 170 valence electrons. The summed E-state index contributed by atoms with van der Waals surface area (Å²) in [6, 6.07) is 17.1. The van der Waals surface area contributed by atoms with Gasteiger partial charge in [-0.15, -0.1) is 0 Å². The summed E-state index contributed by atoms with van der Waals surface area (Å²) in [7, 11) is 0. The number of aromatic nitrogens is 2. The third-order valence-corrected chi connectivity index (χ3v) is 6.46. The van der Waals surface area contributed by atoms with Gasteiger partial charge in [-0.3, -0.25) is 14.2 Å². The van der Waals surface area contributed by atoms with Gasteiger partial charge in [0.05, 0.1) is 6.20 Å². The third-order valence-electron chi connectivity index (χ3n) is 5.81. The van der Waals surface area contributed by atoms with Crippen LogP contribution in [0.15, 0.2) is 66.0 Å². The van der Waals surface area contributed by atoms with Gasteiger partial charge in [0.15, 0.2) is 16.7 Å². The van der Waals surface area contributed by atoms with Crippen LogP contribution in [0.25, 0.3) is 5.69 Å². The first-order valence-electron chi connectivity index (χ1n) is 10.8. The predicted octanol–water partition coefficient (Wildman–Crippen LogP) is 2.72. The van der Waals surface area contributed by atoms with E-state index in [2.05, 4.69) is 4.98 Å². The molecular weight excluding hydrogens is 440 g/mol. The Morgan fingerprint density at radius 1 is 0.939 bits per heavy atom. The molecule has 8 nitrogen and oxygen atoms in total. The van der Waals surface area contributed by atoms with Gasteiger partial charge in [-0.1, -0.05) is 42.1 Å². The molecule has 33 heavy (non-hydrogen) atoms. The largest absolute Gasteiger partial charge is 0.485 e. The Morgan fingerprint density at radius 3 is 2.33 bits per heavy atom. The highest BCUT2D eigenvalue weighted by atomic mass is 32.2. The molecule has 0 unspecified atom stereocenters. The molecule has 3 heterocycles. The minimum Gasteiger partial charge on any atom is -0.485 e. The van der Waals surface area contributed by atoms with E-state index in [-0.39, 0.29) is 18.4 Å². The lowest BCUT2D eigenvalue weighted by molar-refractivity contribution is -0.142. The number of ether oxygens (including phenoxy) is 2. The average molecular weight is 465 g/mol. The number of piperazine rings is 1. The number of hydrogen-bond donors (Lipinski definition) is 0. The van der Waals surface area contributed by atoms with Crippen molar-refractivity contribution in [2.75, 3.05) is 39.0 Å². The lowest BCUT2D eigenvalue weighted by atomic mass is 10.2. The summed E-state index contributed by atoms with van der Waals surface area (Å²) in [6.45, 7) is 1.97. The van der Waals surface area contributed by atoms with Gasteiger partial charge in [0.1, 0.15) is 12.3 Å². The maximum atomic E-state index is 13.3. The zero-order valence-corrected chi connectivity index (χ0v) is 19.0. The molecule has 0 N–H and O–H groups in total. The molecule has 1 fully saturated rings. The van der Waals surface area contributed by atoms with Crippen LogP contribution in [0.3, 0.4) is 0 Å². The van der Waals surface area contributed by atoms with E-state index >= 15 is 0 Å². The van der Waals surface area contributed by atoms with Gasteiger partial charge in [-0.25, -0.2) is 4.98 Å². The van der Waals surface area contributed by atoms with Crippen molar-refractivity contribution in [1.82, 2.24) is 19.4 Å². The van der Waals surface area contributed by atoms with Crippen molar-refractivity contribution >= 4 is 23.6 Å². The molecule has 1 aromatic heterocycles. The quantitative estimate of drug-likeness (QED) is 0.553. The maximum Gasteiger partial charge on any atom is 0.272 e. The van der Waals surface area contributed by atoms with E-state index in [4.69, 9.17) is 9.47 Å². The number of fused-ring (bicyclic) bond motifs is 1. The number of amides is 2. The standard InChI is InChI=1S/C24H24N4O4S/c1-33-24-25-15-18(28(24)17-7-3-2-4-8-17)22(29)26-11-13-27(14-12-26)23(30)21-16-31-19-9-5-6-10-20(19)32-21/h2-10,15,21H,11-14,16H2,1H3/t21-/m1/s1. The second kappa shape index (κ2) is 9.19. The van der Waals surface area contributed by atoms with Gasteiger partial charge in [-0.05, 0) is 30.5 Å². The Bertz CT molecular complexity index is 1160. The van der Waals surface area contributed by atoms with E-state index in [1.165, 1.54) is 11.8 Å². The van der Waals surface area contributed by atoms with Crippen LogP contribution >= 0.6 is 11.8 Å². The number of benzene rings is 2. The van der Waals surface area contributed by atoms with Crippen LogP contribution in [0.4, 0.5) is 0 Å². The zero-order chi connectivity index (χ0) is 22.8. The van der Waals surface area contributed by atoms with E-state index < -0.39 is 6.10 Å². The fourth-order valence-corrected chi connectivity index (χ4v) is 4.64. The predicted molar refractivity (Wildman–Crippen MR) is 124 cm³/mol. The molecular formula is C24H24N4O4S. The Morgan fingerprint density at radius 2 is 1.61 bits per heavy atom. The van der Waals surface area contributed by atoms with Gasteiger partial charge < -0.3 is 19.3 Å². The SMILES string of the molecule is CSc1ncc(C(=O)N2CCN(C(=O)[C@H]3COc4ccccc4O3)CC2)n1-c1ccccc1. The first-order chi connectivity index (χ1) is 16.2. The smallest absolute Gasteiger partial charge is 0.272 e. The number of nitrogens with zero attached hydrogens (tertiary/aromatic N) is 4. The molecule has 0 aliphatic carbocycles. The van der Waals surface area contributed by atoms with Gasteiger partial charge in [0.2, 0.25) is 6.10 Å². The molecule has 2 aromatic carbocycles. The van der Waals surface area contributed by atoms with E-state index in [0.29, 0.717) is 43.4 Å². The van der Waals surface area contributed by atoms with Crippen molar-refractivity contribution in [3.8, 4) is 17.2 Å². The van der Waals surface area contributed by atoms with E-state index in [1.807, 2.05) is 59.4 Å². The summed E-state index contributed by atoms with van der Waals surface area (Å²) in [6.07, 6.45) is 2.89. The average Bonchev–Trinajstić information content (AvgIpc) is 3.32. The van der Waals surface area contributed by atoms with E-state index in [0.717, 1.165) is 10.8 Å². The van der Waals surface area contributed by atoms with Crippen molar-refractivity contribution in [3.63, 3.8) is 0 Å². The van der Waals surface area contributed by atoms with Gasteiger partial charge in [0.25, 0.3) is 11.8 Å².